The number of amides is 1. The number of rotatable bonds is 4. The van der Waals surface area contributed by atoms with Crippen LogP contribution in [0.15, 0.2) is 12.3 Å². The van der Waals surface area contributed by atoms with Gasteiger partial charge in [-0.3, -0.25) is 4.79 Å². The quantitative estimate of drug-likeness (QED) is 0.861. The molecule has 6 nitrogen and oxygen atoms in total. The molecule has 0 radical (unpaired) electrons. The largest absolute Gasteiger partial charge is 0.396 e. The molecule has 7 heteroatoms. The molecule has 2 aliphatic heterocycles. The fraction of sp³-hybridized carbons (Fsp3) is 0.722. The zero-order valence-electron chi connectivity index (χ0n) is 15.2. The Bertz CT molecular complexity index is 606. The van der Waals surface area contributed by atoms with Gasteiger partial charge < -0.3 is 24.4 Å². The number of aryl methyl sites for hydroxylation is 1. The van der Waals surface area contributed by atoms with Gasteiger partial charge in [0.15, 0.2) is 0 Å². The number of carbonyl (C=O) groups excluding carboxylic acids is 1. The smallest absolute Gasteiger partial charge is 0.270 e. The van der Waals surface area contributed by atoms with Crippen LogP contribution in [0, 0.1) is 11.8 Å². The molecule has 25 heavy (non-hydrogen) atoms. The van der Waals surface area contributed by atoms with Crippen molar-refractivity contribution < 1.29 is 9.90 Å². The van der Waals surface area contributed by atoms with Crippen molar-refractivity contribution in [3.8, 4) is 0 Å². The Morgan fingerprint density at radius 2 is 1.96 bits per heavy atom. The van der Waals surface area contributed by atoms with Crippen LogP contribution in [-0.2, 0) is 7.05 Å². The second-order valence-corrected chi connectivity index (χ2v) is 7.96. The fourth-order valence-corrected chi connectivity index (χ4v) is 4.28. The average Bonchev–Trinajstić information content (AvgIpc) is 3.07. The lowest BCUT2D eigenvalue weighted by molar-refractivity contribution is 0.0769. The molecule has 3 rings (SSSR count). The van der Waals surface area contributed by atoms with E-state index in [9.17, 15) is 9.90 Å². The van der Waals surface area contributed by atoms with Crippen LogP contribution in [0.3, 0.4) is 0 Å². The van der Waals surface area contributed by atoms with E-state index in [1.165, 1.54) is 6.42 Å². The third kappa shape index (κ3) is 4.37. The number of carbonyl (C=O) groups is 1. The summed E-state index contributed by atoms with van der Waals surface area (Å²) in [6, 6.07) is 1.72. The molecule has 140 valence electrons. The molecule has 1 aromatic heterocycles. The highest BCUT2D eigenvalue weighted by molar-refractivity contribution is 6.31. The summed E-state index contributed by atoms with van der Waals surface area (Å²) in [5.74, 6) is 0.486. The van der Waals surface area contributed by atoms with Crippen molar-refractivity contribution in [2.45, 2.75) is 6.42 Å². The van der Waals surface area contributed by atoms with E-state index >= 15 is 0 Å². The SMILES string of the molecule is CN1CCCN(C[C@@H]2CN(C(=O)c3cc(Cl)cn3C)C[C@@H]2CO)CC1. The highest BCUT2D eigenvalue weighted by atomic mass is 35.5. The minimum absolute atomic E-state index is 0.00551. The third-order valence-electron chi connectivity index (χ3n) is 5.59. The summed E-state index contributed by atoms with van der Waals surface area (Å²) in [7, 11) is 4.00. The molecule has 1 aromatic rings. The van der Waals surface area contributed by atoms with Crippen LogP contribution < -0.4 is 0 Å². The maximum Gasteiger partial charge on any atom is 0.270 e. The van der Waals surface area contributed by atoms with E-state index in [0.29, 0.717) is 29.7 Å². The molecule has 0 aromatic carbocycles. The zero-order valence-corrected chi connectivity index (χ0v) is 16.0. The van der Waals surface area contributed by atoms with Crippen LogP contribution in [0.4, 0.5) is 0 Å². The molecule has 0 spiro atoms. The van der Waals surface area contributed by atoms with Gasteiger partial charge in [-0.25, -0.2) is 0 Å². The van der Waals surface area contributed by atoms with Gasteiger partial charge in [0.1, 0.15) is 5.69 Å². The zero-order chi connectivity index (χ0) is 18.0. The fourth-order valence-electron chi connectivity index (χ4n) is 4.03. The van der Waals surface area contributed by atoms with E-state index in [1.54, 1.807) is 16.8 Å². The van der Waals surface area contributed by atoms with Gasteiger partial charge in [-0.15, -0.1) is 0 Å². The van der Waals surface area contributed by atoms with Crippen molar-refractivity contribution in [1.29, 1.82) is 0 Å². The highest BCUT2D eigenvalue weighted by Gasteiger charge is 2.36. The summed E-state index contributed by atoms with van der Waals surface area (Å²) >= 11 is 6.01. The number of aromatic nitrogens is 1. The molecule has 2 fully saturated rings. The van der Waals surface area contributed by atoms with Crippen LogP contribution >= 0.6 is 11.6 Å². The van der Waals surface area contributed by atoms with E-state index in [4.69, 9.17) is 11.6 Å². The first kappa shape index (κ1) is 18.7. The Labute approximate surface area is 154 Å². The number of nitrogens with zero attached hydrogens (tertiary/aromatic N) is 4. The van der Waals surface area contributed by atoms with E-state index in [0.717, 1.165) is 32.7 Å². The second-order valence-electron chi connectivity index (χ2n) is 7.52. The van der Waals surface area contributed by atoms with Crippen LogP contribution in [0.25, 0.3) is 0 Å². The number of likely N-dealkylation sites (tertiary alicyclic amines) is 1. The number of aliphatic hydroxyl groups is 1. The van der Waals surface area contributed by atoms with Crippen molar-refractivity contribution in [3.05, 3.63) is 23.0 Å². The normalized spacial score (nSPS) is 26.2. The van der Waals surface area contributed by atoms with Gasteiger partial charge in [0.2, 0.25) is 0 Å². The topological polar surface area (TPSA) is 52.0 Å². The Morgan fingerprint density at radius 1 is 1.20 bits per heavy atom. The van der Waals surface area contributed by atoms with Gasteiger partial charge in [-0.1, -0.05) is 11.6 Å². The lowest BCUT2D eigenvalue weighted by Gasteiger charge is -2.26. The molecular formula is C18H29ClN4O2. The van der Waals surface area contributed by atoms with Crippen molar-refractivity contribution in [3.63, 3.8) is 0 Å². The van der Waals surface area contributed by atoms with Gasteiger partial charge in [0.25, 0.3) is 5.91 Å². The van der Waals surface area contributed by atoms with Gasteiger partial charge in [-0.2, -0.15) is 0 Å². The lowest BCUT2D eigenvalue weighted by atomic mass is 9.96. The Balaban J connectivity index is 1.63. The van der Waals surface area contributed by atoms with Crippen molar-refractivity contribution >= 4 is 17.5 Å². The van der Waals surface area contributed by atoms with E-state index < -0.39 is 0 Å². The maximum atomic E-state index is 12.8. The van der Waals surface area contributed by atoms with Crippen molar-refractivity contribution in [1.82, 2.24) is 19.3 Å². The summed E-state index contributed by atoms with van der Waals surface area (Å²) in [4.78, 5) is 19.6. The van der Waals surface area contributed by atoms with E-state index in [1.807, 2.05) is 11.9 Å². The molecule has 2 saturated heterocycles. The molecule has 0 saturated carbocycles. The number of likely N-dealkylation sites (N-methyl/N-ethyl adjacent to an activating group) is 1. The van der Waals surface area contributed by atoms with Gasteiger partial charge in [0.05, 0.1) is 5.02 Å². The van der Waals surface area contributed by atoms with Gasteiger partial charge >= 0.3 is 0 Å². The molecule has 2 aliphatic rings. The molecular weight excluding hydrogens is 340 g/mol. The predicted molar refractivity (Wildman–Crippen MR) is 98.9 cm³/mol. The molecule has 0 bridgehead atoms. The minimum Gasteiger partial charge on any atom is -0.396 e. The van der Waals surface area contributed by atoms with Crippen LogP contribution in [-0.4, -0.2) is 89.7 Å². The molecule has 1 N–H and O–H groups in total. The van der Waals surface area contributed by atoms with Crippen molar-refractivity contribution in [2.24, 2.45) is 18.9 Å². The standard InChI is InChI=1S/C18H29ClN4O2/c1-20-4-3-5-22(7-6-20)9-14-10-23(11-15(14)13-24)18(25)17-8-16(19)12-21(17)2/h8,12,14-15,24H,3-7,9-11,13H2,1-2H3/t14-,15-/m1/s1. The average molecular weight is 369 g/mol. The first-order valence-electron chi connectivity index (χ1n) is 9.11. The van der Waals surface area contributed by atoms with Gasteiger partial charge in [-0.05, 0) is 38.5 Å². The number of hydrogen-bond donors (Lipinski definition) is 1. The summed E-state index contributed by atoms with van der Waals surface area (Å²) < 4.78 is 1.77. The molecule has 3 heterocycles. The monoisotopic (exact) mass is 368 g/mol. The Kier molecular flexibility index (Phi) is 6.04. The minimum atomic E-state index is 0.00551. The predicted octanol–water partition coefficient (Wildman–Crippen LogP) is 0.996. The van der Waals surface area contributed by atoms with E-state index in [2.05, 4.69) is 16.8 Å². The summed E-state index contributed by atoms with van der Waals surface area (Å²) in [6.45, 7) is 6.81. The van der Waals surface area contributed by atoms with E-state index in [-0.39, 0.29) is 18.4 Å². The molecule has 2 atom stereocenters. The number of aliphatic hydroxyl groups excluding tert-OH is 1. The third-order valence-corrected chi connectivity index (χ3v) is 5.80. The lowest BCUT2D eigenvalue weighted by Crippen LogP contribution is -2.36. The summed E-state index contributed by atoms with van der Waals surface area (Å²) in [5, 5.41) is 10.4. The first-order chi connectivity index (χ1) is 12.0. The summed E-state index contributed by atoms with van der Waals surface area (Å²) in [5.41, 5.74) is 0.610. The second kappa shape index (κ2) is 8.08. The molecule has 0 unspecified atom stereocenters. The van der Waals surface area contributed by atoms with Gasteiger partial charge in [0, 0.05) is 58.5 Å². The van der Waals surface area contributed by atoms with Crippen molar-refractivity contribution in [2.75, 3.05) is 59.5 Å². The Hall–Kier alpha value is -1.08. The number of halogens is 1. The number of hydrogen-bond acceptors (Lipinski definition) is 4. The maximum absolute atomic E-state index is 12.8. The first-order valence-corrected chi connectivity index (χ1v) is 9.48. The summed E-state index contributed by atoms with van der Waals surface area (Å²) in [6.07, 6.45) is 2.93. The van der Waals surface area contributed by atoms with Crippen LogP contribution in [0.1, 0.15) is 16.9 Å². The van der Waals surface area contributed by atoms with Crippen LogP contribution in [0.5, 0.6) is 0 Å². The Morgan fingerprint density at radius 3 is 2.64 bits per heavy atom. The molecule has 1 amide bonds. The molecule has 0 aliphatic carbocycles. The highest BCUT2D eigenvalue weighted by Crippen LogP contribution is 2.27. The van der Waals surface area contributed by atoms with Crippen LogP contribution in [0.2, 0.25) is 5.02 Å².